The number of nitrogens with one attached hydrogen (secondary N) is 1. The summed E-state index contributed by atoms with van der Waals surface area (Å²) in [6, 6.07) is 1.73. The summed E-state index contributed by atoms with van der Waals surface area (Å²) in [4.78, 5) is 2.75. The van der Waals surface area contributed by atoms with Gasteiger partial charge in [0, 0.05) is 12.1 Å². The van der Waals surface area contributed by atoms with Crippen LogP contribution < -0.4 is 5.32 Å². The third-order valence-electron chi connectivity index (χ3n) is 5.86. The Bertz CT molecular complexity index is 288. The van der Waals surface area contributed by atoms with E-state index in [9.17, 15) is 0 Å². The Labute approximate surface area is 119 Å². The summed E-state index contributed by atoms with van der Waals surface area (Å²) in [7, 11) is 0. The first-order chi connectivity index (χ1) is 9.11. The third-order valence-corrected chi connectivity index (χ3v) is 5.86. The van der Waals surface area contributed by atoms with Crippen LogP contribution >= 0.6 is 0 Å². The van der Waals surface area contributed by atoms with Crippen LogP contribution in [0, 0.1) is 11.3 Å². The van der Waals surface area contributed by atoms with E-state index in [-0.39, 0.29) is 0 Å². The zero-order chi connectivity index (χ0) is 13.3. The van der Waals surface area contributed by atoms with Gasteiger partial charge < -0.3 is 10.2 Å². The van der Waals surface area contributed by atoms with Crippen molar-refractivity contribution >= 4 is 0 Å². The average molecular weight is 264 g/mol. The molecule has 2 atom stereocenters. The Morgan fingerprint density at radius 3 is 2.53 bits per heavy atom. The molecule has 3 fully saturated rings. The van der Waals surface area contributed by atoms with Gasteiger partial charge in [0.1, 0.15) is 0 Å². The van der Waals surface area contributed by atoms with E-state index in [2.05, 4.69) is 24.1 Å². The van der Waals surface area contributed by atoms with Crippen molar-refractivity contribution in [2.75, 3.05) is 19.6 Å². The van der Waals surface area contributed by atoms with Gasteiger partial charge in [0.05, 0.1) is 0 Å². The van der Waals surface area contributed by atoms with Crippen molar-refractivity contribution in [1.82, 2.24) is 10.2 Å². The van der Waals surface area contributed by atoms with Gasteiger partial charge in [-0.2, -0.15) is 0 Å². The van der Waals surface area contributed by atoms with Crippen LogP contribution in [-0.4, -0.2) is 36.6 Å². The zero-order valence-corrected chi connectivity index (χ0v) is 13.0. The smallest absolute Gasteiger partial charge is 0.00728 e. The summed E-state index contributed by atoms with van der Waals surface area (Å²) in [6.07, 6.45) is 11.5. The molecule has 2 heteroatoms. The van der Waals surface area contributed by atoms with Crippen LogP contribution in [0.5, 0.6) is 0 Å². The van der Waals surface area contributed by atoms with Crippen molar-refractivity contribution in [3.05, 3.63) is 0 Å². The summed E-state index contributed by atoms with van der Waals surface area (Å²) >= 11 is 0. The molecule has 19 heavy (non-hydrogen) atoms. The minimum atomic E-state index is 0.586. The highest BCUT2D eigenvalue weighted by Gasteiger charge is 2.33. The highest BCUT2D eigenvalue weighted by molar-refractivity contribution is 4.92. The lowest BCUT2D eigenvalue weighted by Gasteiger charge is -2.31. The molecular formula is C17H32N2. The van der Waals surface area contributed by atoms with Crippen LogP contribution in [0.1, 0.15) is 65.2 Å². The van der Waals surface area contributed by atoms with Gasteiger partial charge in [0.15, 0.2) is 0 Å². The van der Waals surface area contributed by atoms with Crippen molar-refractivity contribution in [2.24, 2.45) is 11.3 Å². The van der Waals surface area contributed by atoms with E-state index in [0.717, 1.165) is 18.0 Å². The molecule has 2 unspecified atom stereocenters. The van der Waals surface area contributed by atoms with E-state index >= 15 is 0 Å². The van der Waals surface area contributed by atoms with Crippen molar-refractivity contribution in [1.29, 1.82) is 0 Å². The fraction of sp³-hybridized carbons (Fsp3) is 1.00. The van der Waals surface area contributed by atoms with E-state index < -0.39 is 0 Å². The molecule has 0 aliphatic carbocycles. The Kier molecular flexibility index (Phi) is 4.19. The summed E-state index contributed by atoms with van der Waals surface area (Å²) in [5.74, 6) is 1.01. The molecule has 3 rings (SSSR count). The second-order valence-electron chi connectivity index (χ2n) is 8.12. The SMILES string of the molecule is CC1(C)CCCN(CCC2CC3CCC(C2)N3)CC1. The molecule has 0 aromatic rings. The maximum atomic E-state index is 3.77. The molecule has 2 nitrogen and oxygen atoms in total. The highest BCUT2D eigenvalue weighted by atomic mass is 15.1. The minimum absolute atomic E-state index is 0.586. The highest BCUT2D eigenvalue weighted by Crippen LogP contribution is 2.33. The molecular weight excluding hydrogens is 232 g/mol. The van der Waals surface area contributed by atoms with Gasteiger partial charge in [-0.1, -0.05) is 13.8 Å². The number of fused-ring (bicyclic) bond motifs is 2. The van der Waals surface area contributed by atoms with E-state index in [1.54, 1.807) is 0 Å². The molecule has 3 aliphatic rings. The van der Waals surface area contributed by atoms with Gasteiger partial charge in [-0.15, -0.1) is 0 Å². The summed E-state index contributed by atoms with van der Waals surface area (Å²) < 4.78 is 0. The normalized spacial score (nSPS) is 39.2. The molecule has 110 valence electrons. The molecule has 3 aliphatic heterocycles. The van der Waals surface area contributed by atoms with Gasteiger partial charge in [0.25, 0.3) is 0 Å². The Morgan fingerprint density at radius 1 is 1.05 bits per heavy atom. The summed E-state index contributed by atoms with van der Waals surface area (Å²) in [5.41, 5.74) is 0.586. The fourth-order valence-electron chi connectivity index (χ4n) is 4.48. The van der Waals surface area contributed by atoms with E-state index in [1.807, 2.05) is 0 Å². The fourth-order valence-corrected chi connectivity index (χ4v) is 4.48. The van der Waals surface area contributed by atoms with Crippen molar-refractivity contribution in [2.45, 2.75) is 77.3 Å². The van der Waals surface area contributed by atoms with Crippen molar-refractivity contribution < 1.29 is 0 Å². The molecule has 0 aromatic carbocycles. The molecule has 0 aromatic heterocycles. The van der Waals surface area contributed by atoms with Gasteiger partial charge in [-0.25, -0.2) is 0 Å². The Hall–Kier alpha value is -0.0800. The zero-order valence-electron chi connectivity index (χ0n) is 13.0. The van der Waals surface area contributed by atoms with Crippen molar-refractivity contribution in [3.63, 3.8) is 0 Å². The Morgan fingerprint density at radius 2 is 1.79 bits per heavy atom. The molecule has 0 spiro atoms. The van der Waals surface area contributed by atoms with Gasteiger partial charge >= 0.3 is 0 Å². The van der Waals surface area contributed by atoms with E-state index in [4.69, 9.17) is 0 Å². The average Bonchev–Trinajstić information content (AvgIpc) is 2.60. The maximum Gasteiger partial charge on any atom is 0.00728 e. The monoisotopic (exact) mass is 264 g/mol. The molecule has 2 bridgehead atoms. The number of hydrogen-bond acceptors (Lipinski definition) is 2. The van der Waals surface area contributed by atoms with Crippen LogP contribution in [-0.2, 0) is 0 Å². The molecule has 0 radical (unpaired) electrons. The lowest BCUT2D eigenvalue weighted by Crippen LogP contribution is -2.39. The third kappa shape index (κ3) is 3.72. The second-order valence-corrected chi connectivity index (χ2v) is 8.12. The first-order valence-electron chi connectivity index (χ1n) is 8.59. The van der Waals surface area contributed by atoms with Crippen LogP contribution in [0.25, 0.3) is 0 Å². The number of likely N-dealkylation sites (tertiary alicyclic amines) is 1. The Balaban J connectivity index is 1.42. The van der Waals surface area contributed by atoms with Crippen LogP contribution in [0.3, 0.4) is 0 Å². The topological polar surface area (TPSA) is 15.3 Å². The molecule has 3 heterocycles. The van der Waals surface area contributed by atoms with Crippen LogP contribution in [0.4, 0.5) is 0 Å². The first-order valence-corrected chi connectivity index (χ1v) is 8.59. The van der Waals surface area contributed by atoms with Gasteiger partial charge in [0.2, 0.25) is 0 Å². The summed E-state index contributed by atoms with van der Waals surface area (Å²) in [6.45, 7) is 8.94. The maximum absolute atomic E-state index is 3.77. The predicted molar refractivity (Wildman–Crippen MR) is 81.4 cm³/mol. The standard InChI is InChI=1S/C17H32N2/c1-17(2)7-3-9-19(11-8-17)10-6-14-12-15-4-5-16(13-14)18-15/h14-16,18H,3-13H2,1-2H3. The molecule has 0 amide bonds. The largest absolute Gasteiger partial charge is 0.311 e. The quantitative estimate of drug-likeness (QED) is 0.840. The molecule has 0 saturated carbocycles. The van der Waals surface area contributed by atoms with Gasteiger partial charge in [-0.05, 0) is 82.3 Å². The summed E-state index contributed by atoms with van der Waals surface area (Å²) in [5, 5.41) is 3.77. The number of hydrogen-bond donors (Lipinski definition) is 1. The number of piperidine rings is 1. The predicted octanol–water partition coefficient (Wildman–Crippen LogP) is 3.42. The second kappa shape index (κ2) is 5.73. The van der Waals surface area contributed by atoms with E-state index in [1.165, 1.54) is 71.0 Å². The van der Waals surface area contributed by atoms with Crippen LogP contribution in [0.15, 0.2) is 0 Å². The first kappa shape index (κ1) is 13.9. The molecule has 3 saturated heterocycles. The van der Waals surface area contributed by atoms with Gasteiger partial charge in [-0.3, -0.25) is 0 Å². The number of nitrogens with zero attached hydrogens (tertiary/aromatic N) is 1. The lowest BCUT2D eigenvalue weighted by atomic mass is 9.85. The van der Waals surface area contributed by atoms with E-state index in [0.29, 0.717) is 5.41 Å². The van der Waals surface area contributed by atoms with Crippen LogP contribution in [0.2, 0.25) is 0 Å². The van der Waals surface area contributed by atoms with Crippen molar-refractivity contribution in [3.8, 4) is 0 Å². The minimum Gasteiger partial charge on any atom is -0.311 e. The number of rotatable bonds is 3. The molecule has 1 N–H and O–H groups in total. The lowest BCUT2D eigenvalue weighted by molar-refractivity contribution is 0.216.